The molecule has 2 heteroatoms. The summed E-state index contributed by atoms with van der Waals surface area (Å²) >= 11 is 0. The van der Waals surface area contributed by atoms with Crippen molar-refractivity contribution in [2.24, 2.45) is 0 Å². The minimum absolute atomic E-state index is 0.0548. The zero-order chi connectivity index (χ0) is 13.2. The molecule has 0 saturated carbocycles. The third-order valence-corrected chi connectivity index (χ3v) is 4.45. The normalized spacial score (nSPS) is 20.9. The first kappa shape index (κ1) is 13.6. The van der Waals surface area contributed by atoms with E-state index >= 15 is 0 Å². The molecule has 1 aromatic carbocycles. The van der Waals surface area contributed by atoms with E-state index in [9.17, 15) is 5.11 Å². The number of hydrogen-bond acceptors (Lipinski definition) is 2. The number of nitrogens with one attached hydrogen (secondary N) is 1. The molecule has 0 amide bonds. The van der Waals surface area contributed by atoms with E-state index < -0.39 is 0 Å². The van der Waals surface area contributed by atoms with Gasteiger partial charge in [0.25, 0.3) is 0 Å². The van der Waals surface area contributed by atoms with Gasteiger partial charge in [0, 0.05) is 5.41 Å². The Morgan fingerprint density at radius 3 is 2.06 bits per heavy atom. The van der Waals surface area contributed by atoms with Crippen LogP contribution < -0.4 is 5.32 Å². The van der Waals surface area contributed by atoms with Crippen LogP contribution in [-0.4, -0.2) is 24.3 Å². The summed E-state index contributed by atoms with van der Waals surface area (Å²) in [6.45, 7) is 8.35. The Balaban J connectivity index is 2.31. The van der Waals surface area contributed by atoms with Crippen LogP contribution in [0.1, 0.15) is 50.7 Å². The number of hydrogen-bond donors (Lipinski definition) is 2. The highest BCUT2D eigenvalue weighted by Gasteiger charge is 2.38. The number of aliphatic hydroxyl groups is 1. The van der Waals surface area contributed by atoms with Crippen molar-refractivity contribution >= 4 is 0 Å². The summed E-state index contributed by atoms with van der Waals surface area (Å²) < 4.78 is 0. The second-order valence-electron chi connectivity index (χ2n) is 5.86. The fourth-order valence-corrected chi connectivity index (χ4v) is 3.02. The molecular weight excluding hydrogens is 222 g/mol. The monoisotopic (exact) mass is 247 g/mol. The fourth-order valence-electron chi connectivity index (χ4n) is 3.02. The van der Waals surface area contributed by atoms with Crippen LogP contribution in [0.3, 0.4) is 0 Å². The molecule has 0 aliphatic carbocycles. The van der Waals surface area contributed by atoms with Crippen molar-refractivity contribution in [2.75, 3.05) is 13.1 Å². The van der Waals surface area contributed by atoms with Gasteiger partial charge in [-0.2, -0.15) is 0 Å². The molecule has 1 aliphatic rings. The van der Waals surface area contributed by atoms with Crippen LogP contribution in [0.5, 0.6) is 0 Å². The van der Waals surface area contributed by atoms with Gasteiger partial charge in [-0.15, -0.1) is 0 Å². The highest BCUT2D eigenvalue weighted by Crippen LogP contribution is 2.37. The average Bonchev–Trinajstić information content (AvgIpc) is 2.39. The predicted molar refractivity (Wildman–Crippen MR) is 76.0 cm³/mol. The molecule has 1 aliphatic heterocycles. The van der Waals surface area contributed by atoms with Crippen LogP contribution in [0.15, 0.2) is 24.3 Å². The standard InChI is InChI=1S/C16H25NO/c1-12(2)14-4-6-15(7-5-14)16(13(3)18)8-10-17-11-9-16/h4-7,12-13,17-18H,8-11H2,1-3H3. The van der Waals surface area contributed by atoms with Crippen molar-refractivity contribution in [3.8, 4) is 0 Å². The van der Waals surface area contributed by atoms with Crippen molar-refractivity contribution in [1.29, 1.82) is 0 Å². The third-order valence-electron chi connectivity index (χ3n) is 4.45. The van der Waals surface area contributed by atoms with E-state index in [0.29, 0.717) is 5.92 Å². The number of rotatable bonds is 3. The maximum absolute atomic E-state index is 10.2. The lowest BCUT2D eigenvalue weighted by Gasteiger charge is -2.40. The van der Waals surface area contributed by atoms with Gasteiger partial charge in [0.2, 0.25) is 0 Å². The Kier molecular flexibility index (Phi) is 4.08. The lowest BCUT2D eigenvalue weighted by atomic mass is 9.69. The summed E-state index contributed by atoms with van der Waals surface area (Å²) in [5.41, 5.74) is 2.61. The van der Waals surface area contributed by atoms with E-state index in [4.69, 9.17) is 0 Å². The molecule has 2 rings (SSSR count). The Bertz CT molecular complexity index is 375. The van der Waals surface area contributed by atoms with Crippen molar-refractivity contribution in [3.05, 3.63) is 35.4 Å². The Morgan fingerprint density at radius 2 is 1.61 bits per heavy atom. The minimum atomic E-state index is -0.288. The van der Waals surface area contributed by atoms with E-state index in [-0.39, 0.29) is 11.5 Å². The lowest BCUT2D eigenvalue weighted by molar-refractivity contribution is 0.0732. The number of piperidine rings is 1. The van der Waals surface area contributed by atoms with Gasteiger partial charge < -0.3 is 10.4 Å². The Labute approximate surface area is 110 Å². The van der Waals surface area contributed by atoms with Gasteiger partial charge in [-0.25, -0.2) is 0 Å². The van der Waals surface area contributed by atoms with Crippen molar-refractivity contribution in [2.45, 2.75) is 51.0 Å². The molecule has 0 spiro atoms. The largest absolute Gasteiger partial charge is 0.392 e. The van der Waals surface area contributed by atoms with Crippen molar-refractivity contribution in [1.82, 2.24) is 5.32 Å². The molecule has 2 N–H and O–H groups in total. The number of aliphatic hydroxyl groups excluding tert-OH is 1. The SMILES string of the molecule is CC(C)c1ccc(C2(C(C)O)CCNCC2)cc1. The highest BCUT2D eigenvalue weighted by atomic mass is 16.3. The predicted octanol–water partition coefficient (Wildman–Crippen LogP) is 2.81. The molecular formula is C16H25NO. The van der Waals surface area contributed by atoms with Crippen molar-refractivity contribution in [3.63, 3.8) is 0 Å². The van der Waals surface area contributed by atoms with Gasteiger partial charge >= 0.3 is 0 Å². The van der Waals surface area contributed by atoms with Crippen LogP contribution in [0.25, 0.3) is 0 Å². The van der Waals surface area contributed by atoms with Crippen LogP contribution >= 0.6 is 0 Å². The highest BCUT2D eigenvalue weighted by molar-refractivity contribution is 5.32. The first-order valence-electron chi connectivity index (χ1n) is 7.05. The zero-order valence-electron chi connectivity index (χ0n) is 11.7. The van der Waals surface area contributed by atoms with Gasteiger partial charge in [-0.3, -0.25) is 0 Å². The zero-order valence-corrected chi connectivity index (χ0v) is 11.7. The van der Waals surface area contributed by atoms with E-state index in [1.807, 2.05) is 6.92 Å². The van der Waals surface area contributed by atoms with Gasteiger partial charge in [-0.1, -0.05) is 38.1 Å². The summed E-state index contributed by atoms with van der Waals surface area (Å²) in [4.78, 5) is 0. The molecule has 1 aromatic rings. The van der Waals surface area contributed by atoms with Gasteiger partial charge in [-0.05, 0) is 49.9 Å². The summed E-state index contributed by atoms with van der Waals surface area (Å²) in [7, 11) is 0. The Morgan fingerprint density at radius 1 is 1.06 bits per heavy atom. The van der Waals surface area contributed by atoms with Crippen LogP contribution in [-0.2, 0) is 5.41 Å². The lowest BCUT2D eigenvalue weighted by Crippen LogP contribution is -2.46. The smallest absolute Gasteiger partial charge is 0.0609 e. The van der Waals surface area contributed by atoms with Gasteiger partial charge in [0.1, 0.15) is 0 Å². The molecule has 0 bridgehead atoms. The van der Waals surface area contributed by atoms with Crippen LogP contribution in [0.2, 0.25) is 0 Å². The Hall–Kier alpha value is -0.860. The summed E-state index contributed by atoms with van der Waals surface area (Å²) in [6.07, 6.45) is 1.75. The van der Waals surface area contributed by atoms with Crippen LogP contribution in [0.4, 0.5) is 0 Å². The molecule has 100 valence electrons. The summed E-state index contributed by atoms with van der Waals surface area (Å²) in [6, 6.07) is 8.86. The minimum Gasteiger partial charge on any atom is -0.392 e. The topological polar surface area (TPSA) is 32.3 Å². The molecule has 1 fully saturated rings. The third kappa shape index (κ3) is 2.45. The molecule has 18 heavy (non-hydrogen) atoms. The fraction of sp³-hybridized carbons (Fsp3) is 0.625. The molecule has 1 saturated heterocycles. The molecule has 1 atom stereocenters. The summed E-state index contributed by atoms with van der Waals surface area (Å²) in [5.74, 6) is 0.564. The molecule has 2 nitrogen and oxygen atoms in total. The maximum Gasteiger partial charge on any atom is 0.0609 e. The average molecular weight is 247 g/mol. The first-order chi connectivity index (χ1) is 8.56. The summed E-state index contributed by atoms with van der Waals surface area (Å²) in [5, 5.41) is 13.6. The maximum atomic E-state index is 10.2. The van der Waals surface area contributed by atoms with E-state index in [2.05, 4.69) is 43.4 Å². The molecule has 1 unspecified atom stereocenters. The molecule has 0 aromatic heterocycles. The second-order valence-corrected chi connectivity index (χ2v) is 5.86. The van der Waals surface area contributed by atoms with E-state index in [0.717, 1.165) is 25.9 Å². The van der Waals surface area contributed by atoms with Gasteiger partial charge in [0.05, 0.1) is 6.10 Å². The van der Waals surface area contributed by atoms with Crippen LogP contribution in [0, 0.1) is 0 Å². The molecule has 0 radical (unpaired) electrons. The van der Waals surface area contributed by atoms with Crippen molar-refractivity contribution < 1.29 is 5.11 Å². The first-order valence-corrected chi connectivity index (χ1v) is 7.05. The van der Waals surface area contributed by atoms with E-state index in [1.54, 1.807) is 0 Å². The van der Waals surface area contributed by atoms with Gasteiger partial charge in [0.15, 0.2) is 0 Å². The second kappa shape index (κ2) is 5.41. The molecule has 1 heterocycles. The quantitative estimate of drug-likeness (QED) is 0.861. The number of benzene rings is 1. The van der Waals surface area contributed by atoms with E-state index in [1.165, 1.54) is 11.1 Å².